The van der Waals surface area contributed by atoms with Crippen LogP contribution in [0.15, 0.2) is 46.0 Å². The molecule has 0 spiro atoms. The average Bonchev–Trinajstić information content (AvgIpc) is 2.37. The van der Waals surface area contributed by atoms with E-state index in [1.165, 1.54) is 23.9 Å². The van der Waals surface area contributed by atoms with Crippen LogP contribution in [0.25, 0.3) is 0 Å². The maximum Gasteiger partial charge on any atom is 0.124 e. The number of nitrogens with zero attached hydrogens (tertiary/aromatic N) is 1. The molecule has 2 rings (SSSR count). The van der Waals surface area contributed by atoms with Crippen LogP contribution in [0.1, 0.15) is 11.1 Å². The second-order valence-corrected chi connectivity index (χ2v) is 5.78. The van der Waals surface area contributed by atoms with Gasteiger partial charge in [0.15, 0.2) is 0 Å². The Kier molecular flexibility index (Phi) is 4.55. The molecule has 19 heavy (non-hydrogen) atoms. The number of halogens is 2. The fraction of sp³-hybridized carbons (Fsp3) is 0.0769. The topological polar surface area (TPSA) is 62.8 Å². The molecule has 0 atom stereocenters. The predicted molar refractivity (Wildman–Crippen MR) is 78.9 cm³/mol. The molecule has 3 N–H and O–H groups in total. The summed E-state index contributed by atoms with van der Waals surface area (Å²) in [6.07, 6.45) is 1.72. The van der Waals surface area contributed by atoms with Crippen molar-refractivity contribution in [2.75, 3.05) is 0 Å². The number of rotatable bonds is 4. The van der Waals surface area contributed by atoms with Gasteiger partial charge in [-0.2, -0.15) is 0 Å². The Hall–Kier alpha value is -1.40. The summed E-state index contributed by atoms with van der Waals surface area (Å²) in [6.45, 7) is 0. The minimum Gasteiger partial charge on any atom is -0.384 e. The standard InChI is InChI=1S/C13H11BrFN3S/c14-10-1-2-12(18-6-10)19-7-8-3-9(13(16)17)5-11(15)4-8/h1-6H,7H2,(H3,16,17). The maximum atomic E-state index is 13.4. The number of nitrogens with two attached hydrogens (primary N) is 1. The zero-order valence-electron chi connectivity index (χ0n) is 9.86. The summed E-state index contributed by atoms with van der Waals surface area (Å²) in [6, 6.07) is 8.21. The van der Waals surface area contributed by atoms with E-state index in [-0.39, 0.29) is 11.7 Å². The predicted octanol–water partition coefficient (Wildman–Crippen LogP) is 3.56. The highest BCUT2D eigenvalue weighted by Gasteiger charge is 2.04. The molecule has 0 aliphatic carbocycles. The van der Waals surface area contributed by atoms with E-state index in [9.17, 15) is 4.39 Å². The van der Waals surface area contributed by atoms with Crippen LogP contribution in [-0.4, -0.2) is 10.8 Å². The van der Waals surface area contributed by atoms with Gasteiger partial charge >= 0.3 is 0 Å². The lowest BCUT2D eigenvalue weighted by molar-refractivity contribution is 0.626. The van der Waals surface area contributed by atoms with E-state index < -0.39 is 0 Å². The molecule has 0 saturated heterocycles. The first-order valence-electron chi connectivity index (χ1n) is 5.43. The average molecular weight is 340 g/mol. The number of nitrogens with one attached hydrogen (secondary N) is 1. The van der Waals surface area contributed by atoms with Crippen molar-refractivity contribution in [3.63, 3.8) is 0 Å². The maximum absolute atomic E-state index is 13.4. The van der Waals surface area contributed by atoms with Crippen LogP contribution in [0.2, 0.25) is 0 Å². The summed E-state index contributed by atoms with van der Waals surface area (Å²) in [7, 11) is 0. The Morgan fingerprint density at radius 1 is 1.37 bits per heavy atom. The van der Waals surface area contributed by atoms with Crippen molar-refractivity contribution in [1.82, 2.24) is 4.98 Å². The molecule has 2 aromatic rings. The molecule has 1 aromatic heterocycles. The van der Waals surface area contributed by atoms with Crippen LogP contribution in [0, 0.1) is 11.2 Å². The number of benzene rings is 1. The zero-order valence-corrected chi connectivity index (χ0v) is 12.3. The minimum absolute atomic E-state index is 0.132. The van der Waals surface area contributed by atoms with Gasteiger partial charge in [-0.1, -0.05) is 0 Å². The molecule has 0 aliphatic rings. The summed E-state index contributed by atoms with van der Waals surface area (Å²) < 4.78 is 14.3. The number of aromatic nitrogens is 1. The summed E-state index contributed by atoms with van der Waals surface area (Å²) in [4.78, 5) is 4.23. The van der Waals surface area contributed by atoms with E-state index in [2.05, 4.69) is 20.9 Å². The van der Waals surface area contributed by atoms with Gasteiger partial charge in [0.1, 0.15) is 11.7 Å². The Labute approximate surface area is 123 Å². The normalized spacial score (nSPS) is 10.4. The number of hydrogen-bond donors (Lipinski definition) is 2. The van der Waals surface area contributed by atoms with E-state index in [1.54, 1.807) is 12.3 Å². The Balaban J connectivity index is 2.11. The number of thioether (sulfide) groups is 1. The third kappa shape index (κ3) is 4.04. The molecule has 0 fully saturated rings. The zero-order chi connectivity index (χ0) is 13.8. The Morgan fingerprint density at radius 3 is 2.79 bits per heavy atom. The van der Waals surface area contributed by atoms with Crippen molar-refractivity contribution in [2.24, 2.45) is 5.73 Å². The van der Waals surface area contributed by atoms with Crippen LogP contribution >= 0.6 is 27.7 Å². The van der Waals surface area contributed by atoms with E-state index in [1.807, 2.05) is 12.1 Å². The van der Waals surface area contributed by atoms with Crippen molar-refractivity contribution in [1.29, 1.82) is 5.41 Å². The molecule has 98 valence electrons. The van der Waals surface area contributed by atoms with E-state index in [0.717, 1.165) is 15.1 Å². The lowest BCUT2D eigenvalue weighted by Gasteiger charge is -2.05. The summed E-state index contributed by atoms with van der Waals surface area (Å²) >= 11 is 4.82. The molecular formula is C13H11BrFN3S. The number of nitrogen functional groups attached to an aromatic ring is 1. The van der Waals surface area contributed by atoms with Gasteiger partial charge in [-0.15, -0.1) is 11.8 Å². The highest BCUT2D eigenvalue weighted by molar-refractivity contribution is 9.10. The Bertz CT molecular complexity index is 601. The van der Waals surface area contributed by atoms with Gasteiger partial charge in [0.2, 0.25) is 0 Å². The summed E-state index contributed by atoms with van der Waals surface area (Å²) in [5.74, 6) is 0.0618. The van der Waals surface area contributed by atoms with Gasteiger partial charge in [0.25, 0.3) is 0 Å². The lowest BCUT2D eigenvalue weighted by atomic mass is 10.1. The highest BCUT2D eigenvalue weighted by atomic mass is 79.9. The minimum atomic E-state index is -0.382. The molecule has 0 unspecified atom stereocenters. The van der Waals surface area contributed by atoms with Crippen LogP contribution < -0.4 is 5.73 Å². The molecule has 1 heterocycles. The van der Waals surface area contributed by atoms with Crippen molar-refractivity contribution in [2.45, 2.75) is 10.8 Å². The van der Waals surface area contributed by atoms with Crippen molar-refractivity contribution in [3.05, 3.63) is 57.9 Å². The van der Waals surface area contributed by atoms with Crippen molar-refractivity contribution >= 4 is 33.5 Å². The Morgan fingerprint density at radius 2 is 2.16 bits per heavy atom. The van der Waals surface area contributed by atoms with Gasteiger partial charge in [0, 0.05) is 22.0 Å². The molecule has 0 saturated carbocycles. The van der Waals surface area contributed by atoms with Crippen LogP contribution in [-0.2, 0) is 5.75 Å². The molecule has 6 heteroatoms. The molecular weight excluding hydrogens is 329 g/mol. The van der Waals surface area contributed by atoms with Gasteiger partial charge in [-0.05, 0) is 51.8 Å². The van der Waals surface area contributed by atoms with Crippen LogP contribution in [0.4, 0.5) is 4.39 Å². The highest BCUT2D eigenvalue weighted by Crippen LogP contribution is 2.23. The second kappa shape index (κ2) is 6.16. The second-order valence-electron chi connectivity index (χ2n) is 3.87. The van der Waals surface area contributed by atoms with Gasteiger partial charge < -0.3 is 5.73 Å². The number of amidine groups is 1. The first-order chi connectivity index (χ1) is 9.04. The summed E-state index contributed by atoms with van der Waals surface area (Å²) in [5, 5.41) is 8.19. The molecule has 0 bridgehead atoms. The van der Waals surface area contributed by atoms with Gasteiger partial charge in [-0.25, -0.2) is 9.37 Å². The molecule has 0 aliphatic heterocycles. The monoisotopic (exact) mass is 339 g/mol. The van der Waals surface area contributed by atoms with E-state index >= 15 is 0 Å². The molecule has 3 nitrogen and oxygen atoms in total. The smallest absolute Gasteiger partial charge is 0.124 e. The summed E-state index contributed by atoms with van der Waals surface area (Å²) in [5.41, 5.74) is 6.55. The lowest BCUT2D eigenvalue weighted by Crippen LogP contribution is -2.11. The SMILES string of the molecule is N=C(N)c1cc(F)cc(CSc2ccc(Br)cn2)c1. The first-order valence-corrected chi connectivity index (χ1v) is 7.20. The van der Waals surface area contributed by atoms with Gasteiger partial charge in [-0.3, -0.25) is 5.41 Å². The third-order valence-electron chi connectivity index (χ3n) is 2.36. The van der Waals surface area contributed by atoms with E-state index in [0.29, 0.717) is 11.3 Å². The fourth-order valence-corrected chi connectivity index (χ4v) is 2.50. The number of pyridine rings is 1. The van der Waals surface area contributed by atoms with E-state index in [4.69, 9.17) is 11.1 Å². The van der Waals surface area contributed by atoms with Crippen molar-refractivity contribution < 1.29 is 4.39 Å². The quantitative estimate of drug-likeness (QED) is 0.508. The largest absolute Gasteiger partial charge is 0.384 e. The number of hydrogen-bond acceptors (Lipinski definition) is 3. The van der Waals surface area contributed by atoms with Crippen LogP contribution in [0.3, 0.4) is 0 Å². The fourth-order valence-electron chi connectivity index (χ4n) is 1.49. The van der Waals surface area contributed by atoms with Crippen LogP contribution in [0.5, 0.6) is 0 Å². The molecule has 0 amide bonds. The third-order valence-corrected chi connectivity index (χ3v) is 3.84. The van der Waals surface area contributed by atoms with Gasteiger partial charge in [0.05, 0.1) is 5.03 Å². The first kappa shape index (κ1) is 14.0. The van der Waals surface area contributed by atoms with Crippen molar-refractivity contribution in [3.8, 4) is 0 Å². The molecule has 1 aromatic carbocycles. The molecule has 0 radical (unpaired) electrons.